The highest BCUT2D eigenvalue weighted by Crippen LogP contribution is 2.31. The third-order valence-corrected chi connectivity index (χ3v) is 6.51. The molecular weight excluding hydrogens is 388 g/mol. The molecule has 0 spiro atoms. The van der Waals surface area contributed by atoms with Crippen LogP contribution < -0.4 is 15.2 Å². The average Bonchev–Trinajstić information content (AvgIpc) is 3.25. The maximum atomic E-state index is 8.67. The fourth-order valence-electron chi connectivity index (χ4n) is 3.85. The van der Waals surface area contributed by atoms with Crippen molar-refractivity contribution >= 4 is 11.7 Å². The monoisotopic (exact) mass is 424 g/mol. The number of hydrogen-bond donors (Lipinski definition) is 2. The number of fused-ring (bicyclic) bond motifs is 1. The zero-order chi connectivity index (χ0) is 22.5. The topological polar surface area (TPSA) is 83.9 Å². The Bertz CT molecular complexity index is 882. The van der Waals surface area contributed by atoms with Crippen LogP contribution in [0.5, 0.6) is 11.5 Å². The van der Waals surface area contributed by atoms with Crippen LogP contribution in [0.2, 0.25) is 0 Å². The van der Waals surface area contributed by atoms with E-state index in [1.54, 1.807) is 0 Å². The number of hydrogen-bond acceptors (Lipinski definition) is 4. The van der Waals surface area contributed by atoms with Gasteiger partial charge in [0.25, 0.3) is 0 Å². The summed E-state index contributed by atoms with van der Waals surface area (Å²) in [5.74, 6) is 3.09. The van der Waals surface area contributed by atoms with Gasteiger partial charge in [-0.1, -0.05) is 19.1 Å². The van der Waals surface area contributed by atoms with Gasteiger partial charge in [-0.3, -0.25) is 10.4 Å². The van der Waals surface area contributed by atoms with Gasteiger partial charge >= 0.3 is 0 Å². The molecule has 2 heterocycles. The Hall–Kier alpha value is -2.76. The van der Waals surface area contributed by atoms with Crippen molar-refractivity contribution < 1.29 is 9.47 Å². The van der Waals surface area contributed by atoms with Crippen molar-refractivity contribution in [1.82, 2.24) is 4.90 Å². The van der Waals surface area contributed by atoms with Gasteiger partial charge in [0.1, 0.15) is 29.3 Å². The van der Waals surface area contributed by atoms with Crippen molar-refractivity contribution in [2.24, 2.45) is 16.6 Å². The number of aliphatic imine (C=N–C) groups is 1. The molecule has 0 aromatic heterocycles. The van der Waals surface area contributed by atoms with Gasteiger partial charge in [0, 0.05) is 38.4 Å². The number of ether oxygens (including phenoxy) is 2. The normalized spacial score (nSPS) is 19.7. The van der Waals surface area contributed by atoms with Crippen molar-refractivity contribution in [3.63, 3.8) is 0 Å². The molecule has 3 rings (SSSR count). The maximum absolute atomic E-state index is 8.67. The molecule has 0 aliphatic carbocycles. The number of rotatable bonds is 7. The van der Waals surface area contributed by atoms with Gasteiger partial charge in [0.2, 0.25) is 0 Å². The SMILES string of the molecule is C=CC(C)C(C)N=C(N)/C(C)=C(/C)C(=N)N1CCC(Oc2ccc3c(c2)OCC3)CC1. The van der Waals surface area contributed by atoms with Gasteiger partial charge < -0.3 is 20.1 Å². The van der Waals surface area contributed by atoms with Crippen molar-refractivity contribution in [3.05, 3.63) is 47.6 Å². The highest BCUT2D eigenvalue weighted by atomic mass is 16.5. The van der Waals surface area contributed by atoms with Crippen molar-refractivity contribution in [1.29, 1.82) is 5.41 Å². The first-order chi connectivity index (χ1) is 14.8. The van der Waals surface area contributed by atoms with E-state index in [4.69, 9.17) is 20.6 Å². The quantitative estimate of drug-likeness (QED) is 0.387. The number of amidine groups is 2. The van der Waals surface area contributed by atoms with Gasteiger partial charge in [-0.05, 0) is 49.5 Å². The number of nitrogens with zero attached hydrogens (tertiary/aromatic N) is 2. The van der Waals surface area contributed by atoms with Crippen LogP contribution >= 0.6 is 0 Å². The standard InChI is InChI=1S/C25H36N4O2/c1-6-16(2)19(5)28-24(26)17(3)18(4)25(27)29-12-9-21(10-13-29)31-22-8-7-20-11-14-30-23(20)15-22/h6-8,15-16,19,21,27H,1,9-14H2,2-5H3,(H2,26,28)/b18-17-,27-25?. The molecule has 2 unspecified atom stereocenters. The van der Waals surface area contributed by atoms with Crippen LogP contribution in [0.25, 0.3) is 0 Å². The van der Waals surface area contributed by atoms with Crippen molar-refractivity contribution in [2.75, 3.05) is 19.7 Å². The third kappa shape index (κ3) is 5.49. The van der Waals surface area contributed by atoms with E-state index >= 15 is 0 Å². The zero-order valence-corrected chi connectivity index (χ0v) is 19.3. The van der Waals surface area contributed by atoms with Crippen LogP contribution in [0.3, 0.4) is 0 Å². The first-order valence-corrected chi connectivity index (χ1v) is 11.2. The summed E-state index contributed by atoms with van der Waals surface area (Å²) in [7, 11) is 0. The summed E-state index contributed by atoms with van der Waals surface area (Å²) in [6.07, 6.45) is 4.77. The first kappa shape index (κ1) is 22.9. The predicted octanol–water partition coefficient (Wildman–Crippen LogP) is 4.35. The number of piperidine rings is 1. The van der Waals surface area contributed by atoms with E-state index < -0.39 is 0 Å². The summed E-state index contributed by atoms with van der Waals surface area (Å²) in [5.41, 5.74) is 9.23. The lowest BCUT2D eigenvalue weighted by atomic mass is 10.0. The molecule has 2 aliphatic rings. The molecule has 3 N–H and O–H groups in total. The molecule has 1 aromatic rings. The Morgan fingerprint density at radius 1 is 1.29 bits per heavy atom. The fourth-order valence-corrected chi connectivity index (χ4v) is 3.85. The summed E-state index contributed by atoms with van der Waals surface area (Å²) < 4.78 is 11.8. The van der Waals surface area contributed by atoms with Gasteiger partial charge in [-0.15, -0.1) is 6.58 Å². The van der Waals surface area contributed by atoms with E-state index in [0.29, 0.717) is 11.7 Å². The molecule has 6 nitrogen and oxygen atoms in total. The Labute approximate surface area is 186 Å². The number of nitrogens with one attached hydrogen (secondary N) is 1. The predicted molar refractivity (Wildman–Crippen MR) is 127 cm³/mol. The summed E-state index contributed by atoms with van der Waals surface area (Å²) >= 11 is 0. The molecule has 2 aliphatic heterocycles. The summed E-state index contributed by atoms with van der Waals surface area (Å²) in [6.45, 7) is 14.2. The van der Waals surface area contributed by atoms with Crippen LogP contribution in [0.4, 0.5) is 0 Å². The first-order valence-electron chi connectivity index (χ1n) is 11.2. The highest BCUT2D eigenvalue weighted by Gasteiger charge is 2.24. The minimum Gasteiger partial charge on any atom is -0.493 e. The molecule has 1 saturated heterocycles. The summed E-state index contributed by atoms with van der Waals surface area (Å²) in [5, 5.41) is 8.67. The van der Waals surface area contributed by atoms with E-state index in [9.17, 15) is 0 Å². The maximum Gasteiger partial charge on any atom is 0.126 e. The summed E-state index contributed by atoms with van der Waals surface area (Å²) in [6, 6.07) is 6.20. The van der Waals surface area contributed by atoms with Crippen molar-refractivity contribution in [2.45, 2.75) is 59.1 Å². The van der Waals surface area contributed by atoms with E-state index in [0.717, 1.165) is 61.6 Å². The van der Waals surface area contributed by atoms with Crippen LogP contribution in [0.1, 0.15) is 46.1 Å². The summed E-state index contributed by atoms with van der Waals surface area (Å²) in [4.78, 5) is 6.70. The van der Waals surface area contributed by atoms with Gasteiger partial charge in [0.05, 0.1) is 12.6 Å². The number of likely N-dealkylation sites (tertiary alicyclic amines) is 1. The molecule has 0 amide bonds. The molecule has 1 aromatic carbocycles. The van der Waals surface area contributed by atoms with Gasteiger partial charge in [-0.2, -0.15) is 0 Å². The molecule has 0 bridgehead atoms. The Morgan fingerprint density at radius 2 is 2.00 bits per heavy atom. The molecule has 0 radical (unpaired) electrons. The molecule has 31 heavy (non-hydrogen) atoms. The minimum absolute atomic E-state index is 0.0620. The second-order valence-electron chi connectivity index (χ2n) is 8.62. The van der Waals surface area contributed by atoms with Crippen molar-refractivity contribution in [3.8, 4) is 11.5 Å². The molecule has 2 atom stereocenters. The van der Waals surface area contributed by atoms with Gasteiger partial charge in [-0.25, -0.2) is 0 Å². The fraction of sp³-hybridized carbons (Fsp3) is 0.520. The van der Waals surface area contributed by atoms with E-state index in [2.05, 4.69) is 29.5 Å². The van der Waals surface area contributed by atoms with E-state index in [1.807, 2.05) is 39.0 Å². The zero-order valence-electron chi connectivity index (χ0n) is 19.3. The van der Waals surface area contributed by atoms with E-state index in [-0.39, 0.29) is 18.1 Å². The molecular formula is C25H36N4O2. The molecule has 1 fully saturated rings. The highest BCUT2D eigenvalue weighted by molar-refractivity contribution is 6.06. The van der Waals surface area contributed by atoms with Crippen LogP contribution in [0.15, 0.2) is 47.0 Å². The average molecular weight is 425 g/mol. The number of benzene rings is 1. The lowest BCUT2D eigenvalue weighted by Crippen LogP contribution is -2.42. The molecule has 6 heteroatoms. The van der Waals surface area contributed by atoms with Crippen LogP contribution in [-0.2, 0) is 6.42 Å². The lowest BCUT2D eigenvalue weighted by molar-refractivity contribution is 0.130. The molecule has 168 valence electrons. The number of nitrogens with two attached hydrogens (primary N) is 1. The Morgan fingerprint density at radius 3 is 2.68 bits per heavy atom. The van der Waals surface area contributed by atoms with Crippen LogP contribution in [-0.4, -0.2) is 48.4 Å². The third-order valence-electron chi connectivity index (χ3n) is 6.51. The minimum atomic E-state index is 0.0620. The van der Waals surface area contributed by atoms with E-state index in [1.165, 1.54) is 5.56 Å². The second kappa shape index (κ2) is 10.0. The Balaban J connectivity index is 1.57. The lowest BCUT2D eigenvalue weighted by Gasteiger charge is -2.34. The smallest absolute Gasteiger partial charge is 0.126 e. The Kier molecular flexibility index (Phi) is 7.42. The second-order valence-corrected chi connectivity index (χ2v) is 8.62. The van der Waals surface area contributed by atoms with Gasteiger partial charge in [0.15, 0.2) is 0 Å². The van der Waals surface area contributed by atoms with Crippen LogP contribution in [0, 0.1) is 11.3 Å². The largest absolute Gasteiger partial charge is 0.493 e. The molecule has 0 saturated carbocycles.